The van der Waals surface area contributed by atoms with Crippen LogP contribution in [0.4, 0.5) is 0 Å². The first-order valence-corrected chi connectivity index (χ1v) is 16.4. The fourth-order valence-electron chi connectivity index (χ4n) is 5.40. The van der Waals surface area contributed by atoms with E-state index < -0.39 is 6.10 Å². The van der Waals surface area contributed by atoms with Gasteiger partial charge in [-0.05, 0) is 12.8 Å². The van der Waals surface area contributed by atoms with Crippen LogP contribution in [-0.2, 0) is 9.53 Å². The molecule has 0 unspecified atom stereocenters. The molecule has 0 aliphatic carbocycles. The number of esters is 1. The van der Waals surface area contributed by atoms with Gasteiger partial charge in [0.25, 0.3) is 0 Å². The Morgan fingerprint density at radius 1 is 0.500 bits per heavy atom. The van der Waals surface area contributed by atoms with Crippen LogP contribution in [0.3, 0.4) is 0 Å². The van der Waals surface area contributed by atoms with Gasteiger partial charge in [0, 0.05) is 0 Å². The minimum atomic E-state index is -0.544. The first-order valence-electron chi connectivity index (χ1n) is 16.4. The van der Waals surface area contributed by atoms with E-state index in [4.69, 9.17) is 4.74 Å². The van der Waals surface area contributed by atoms with Crippen LogP contribution in [0.1, 0.15) is 187 Å². The summed E-state index contributed by atoms with van der Waals surface area (Å²) in [7, 11) is 1.45. The van der Waals surface area contributed by atoms with Gasteiger partial charge in [-0.1, -0.05) is 174 Å². The lowest BCUT2D eigenvalue weighted by atomic mass is 9.91. The fraction of sp³-hybridized carbons (Fsp3) is 0.970. The van der Waals surface area contributed by atoms with Gasteiger partial charge in [-0.25, -0.2) is 0 Å². The highest BCUT2D eigenvalue weighted by atomic mass is 16.5. The second kappa shape index (κ2) is 29.0. The molecule has 0 rings (SSSR count). The Morgan fingerprint density at radius 2 is 0.778 bits per heavy atom. The van der Waals surface area contributed by atoms with Gasteiger partial charge in [-0.15, -0.1) is 0 Å². The highest BCUT2D eigenvalue weighted by Gasteiger charge is 2.26. The molecule has 0 saturated carbocycles. The molecule has 0 fully saturated rings. The van der Waals surface area contributed by atoms with Gasteiger partial charge >= 0.3 is 5.97 Å². The molecule has 0 aliphatic heterocycles. The molecule has 216 valence electrons. The van der Waals surface area contributed by atoms with Crippen molar-refractivity contribution in [3.63, 3.8) is 0 Å². The Bertz CT molecular complexity index is 437. The van der Waals surface area contributed by atoms with Crippen molar-refractivity contribution in [1.29, 1.82) is 0 Å². The zero-order chi connectivity index (χ0) is 26.5. The van der Waals surface area contributed by atoms with Crippen LogP contribution in [-0.4, -0.2) is 24.3 Å². The third-order valence-electron chi connectivity index (χ3n) is 7.94. The second-order valence-corrected chi connectivity index (χ2v) is 11.4. The van der Waals surface area contributed by atoms with Crippen LogP contribution >= 0.6 is 0 Å². The Labute approximate surface area is 226 Å². The highest BCUT2D eigenvalue weighted by molar-refractivity contribution is 5.72. The third-order valence-corrected chi connectivity index (χ3v) is 7.94. The van der Waals surface area contributed by atoms with Crippen LogP contribution in [0, 0.1) is 5.92 Å². The second-order valence-electron chi connectivity index (χ2n) is 11.4. The van der Waals surface area contributed by atoms with E-state index in [-0.39, 0.29) is 11.9 Å². The highest BCUT2D eigenvalue weighted by Crippen LogP contribution is 2.22. The van der Waals surface area contributed by atoms with Crippen LogP contribution in [0.5, 0.6) is 0 Å². The predicted molar refractivity (Wildman–Crippen MR) is 158 cm³/mol. The van der Waals surface area contributed by atoms with E-state index in [1.54, 1.807) is 0 Å². The van der Waals surface area contributed by atoms with Gasteiger partial charge in [0.2, 0.25) is 0 Å². The molecule has 0 aliphatic rings. The first kappa shape index (κ1) is 35.4. The number of hydrogen-bond donors (Lipinski definition) is 1. The van der Waals surface area contributed by atoms with Gasteiger partial charge in [0.05, 0.1) is 19.1 Å². The van der Waals surface area contributed by atoms with Crippen LogP contribution in [0.15, 0.2) is 0 Å². The standard InChI is InChI=1S/C33H66O3/c1-4-6-8-10-12-14-16-18-20-22-24-26-28-30-32(34)31(33(35)36-3)29-27-25-23-21-19-17-15-13-11-9-7-5-2/h31-32,34H,4-30H2,1-3H3/t31-,32-/m1/s1. The van der Waals surface area contributed by atoms with Crippen molar-refractivity contribution in [1.82, 2.24) is 0 Å². The Kier molecular flexibility index (Phi) is 28.5. The number of methoxy groups -OCH3 is 1. The largest absolute Gasteiger partial charge is 0.469 e. The maximum Gasteiger partial charge on any atom is 0.311 e. The van der Waals surface area contributed by atoms with Crippen LogP contribution < -0.4 is 0 Å². The lowest BCUT2D eigenvalue weighted by Crippen LogP contribution is -2.29. The van der Waals surface area contributed by atoms with Crippen LogP contribution in [0.25, 0.3) is 0 Å². The molecule has 36 heavy (non-hydrogen) atoms. The lowest BCUT2D eigenvalue weighted by Gasteiger charge is -2.20. The lowest BCUT2D eigenvalue weighted by molar-refractivity contribution is -0.150. The zero-order valence-electron chi connectivity index (χ0n) is 25.0. The molecule has 0 aromatic heterocycles. The number of aliphatic hydroxyl groups excluding tert-OH is 1. The van der Waals surface area contributed by atoms with Crippen molar-refractivity contribution < 1.29 is 14.6 Å². The van der Waals surface area contributed by atoms with E-state index in [1.165, 1.54) is 148 Å². The van der Waals surface area contributed by atoms with Gasteiger partial charge in [0.15, 0.2) is 0 Å². The molecule has 0 aromatic rings. The summed E-state index contributed by atoms with van der Waals surface area (Å²) in [6, 6.07) is 0. The quantitative estimate of drug-likeness (QED) is 0.0803. The number of carbonyl (C=O) groups is 1. The molecule has 0 radical (unpaired) electrons. The Morgan fingerprint density at radius 3 is 1.08 bits per heavy atom. The molecular weight excluding hydrogens is 444 g/mol. The minimum absolute atomic E-state index is 0.222. The molecule has 0 heterocycles. The summed E-state index contributed by atoms with van der Waals surface area (Å²) in [5, 5.41) is 10.7. The van der Waals surface area contributed by atoms with Crippen LogP contribution in [0.2, 0.25) is 0 Å². The van der Waals surface area contributed by atoms with E-state index in [2.05, 4.69) is 13.8 Å². The third kappa shape index (κ3) is 23.8. The summed E-state index contributed by atoms with van der Waals surface area (Å²) >= 11 is 0. The molecule has 0 saturated heterocycles. The van der Waals surface area contributed by atoms with Gasteiger partial charge in [-0.3, -0.25) is 4.79 Å². The number of ether oxygens (including phenoxy) is 1. The van der Waals surface area contributed by atoms with E-state index in [9.17, 15) is 9.90 Å². The molecular formula is C33H66O3. The van der Waals surface area contributed by atoms with Crippen molar-refractivity contribution in [3.05, 3.63) is 0 Å². The maximum atomic E-state index is 12.2. The van der Waals surface area contributed by atoms with Gasteiger partial charge in [-0.2, -0.15) is 0 Å². The zero-order valence-corrected chi connectivity index (χ0v) is 25.0. The SMILES string of the molecule is CCCCCCCCCCCCCCC[C@@H](O)[C@@H](CCCCCCCCCCCCCC)C(=O)OC. The molecule has 1 N–H and O–H groups in total. The Hall–Kier alpha value is -0.570. The van der Waals surface area contributed by atoms with Gasteiger partial charge in [0.1, 0.15) is 0 Å². The average molecular weight is 511 g/mol. The van der Waals surface area contributed by atoms with Crippen molar-refractivity contribution in [2.75, 3.05) is 7.11 Å². The summed E-state index contributed by atoms with van der Waals surface area (Å²) < 4.78 is 5.01. The molecule has 0 aromatic carbocycles. The van der Waals surface area contributed by atoms with Crippen molar-refractivity contribution in [3.8, 4) is 0 Å². The van der Waals surface area contributed by atoms with E-state index in [0.29, 0.717) is 0 Å². The molecule has 2 atom stereocenters. The molecule has 0 amide bonds. The normalized spacial score (nSPS) is 13.1. The van der Waals surface area contributed by atoms with E-state index in [0.717, 1.165) is 32.1 Å². The number of aliphatic hydroxyl groups is 1. The topological polar surface area (TPSA) is 46.5 Å². The van der Waals surface area contributed by atoms with Crippen molar-refractivity contribution in [2.45, 2.75) is 193 Å². The summed E-state index contributed by atoms with van der Waals surface area (Å²) in [5.41, 5.74) is 0. The average Bonchev–Trinajstić information content (AvgIpc) is 2.89. The number of hydrogen-bond acceptors (Lipinski definition) is 3. The predicted octanol–water partition coefficient (Wildman–Crippen LogP) is 10.7. The van der Waals surface area contributed by atoms with Crippen molar-refractivity contribution in [2.24, 2.45) is 5.92 Å². The van der Waals surface area contributed by atoms with E-state index >= 15 is 0 Å². The fourth-order valence-corrected chi connectivity index (χ4v) is 5.40. The van der Waals surface area contributed by atoms with E-state index in [1.807, 2.05) is 0 Å². The van der Waals surface area contributed by atoms with Gasteiger partial charge < -0.3 is 9.84 Å². The summed E-state index contributed by atoms with van der Waals surface area (Å²) in [4.78, 5) is 12.2. The summed E-state index contributed by atoms with van der Waals surface area (Å²) in [5.74, 6) is -0.560. The number of carbonyl (C=O) groups excluding carboxylic acids is 1. The maximum absolute atomic E-state index is 12.2. The number of rotatable bonds is 29. The number of unbranched alkanes of at least 4 members (excludes halogenated alkanes) is 23. The molecule has 3 heteroatoms. The first-order chi connectivity index (χ1) is 17.7. The molecule has 0 bridgehead atoms. The monoisotopic (exact) mass is 511 g/mol. The molecule has 3 nitrogen and oxygen atoms in total. The Balaban J connectivity index is 3.69. The summed E-state index contributed by atoms with van der Waals surface area (Å²) in [6.07, 6.45) is 34.0. The minimum Gasteiger partial charge on any atom is -0.469 e. The van der Waals surface area contributed by atoms with Crippen molar-refractivity contribution >= 4 is 5.97 Å². The smallest absolute Gasteiger partial charge is 0.311 e. The summed E-state index contributed by atoms with van der Waals surface area (Å²) in [6.45, 7) is 4.55. The molecule has 0 spiro atoms.